The number of quaternary nitrogens is 1. The Labute approximate surface area is 604 Å². The van der Waals surface area contributed by atoms with Gasteiger partial charge in [-0.1, -0.05) is 403 Å². The van der Waals surface area contributed by atoms with Gasteiger partial charge in [0.05, 0.1) is 34.4 Å². The van der Waals surface area contributed by atoms with Gasteiger partial charge in [-0.25, -0.2) is 4.79 Å². The summed E-state index contributed by atoms with van der Waals surface area (Å²) in [4.78, 5) is 37.8. The largest absolute Gasteiger partial charge is 0.477 e. The molecule has 0 saturated carbocycles. The van der Waals surface area contributed by atoms with Crippen LogP contribution in [0.2, 0.25) is 0 Å². The molecule has 0 aliphatic heterocycles. The highest BCUT2D eigenvalue weighted by Crippen LogP contribution is 2.21. The maximum Gasteiger partial charge on any atom is 0.361 e. The molecular formula is C88H168NO8+. The van der Waals surface area contributed by atoms with Crippen molar-refractivity contribution in [2.75, 3.05) is 47.5 Å². The van der Waals surface area contributed by atoms with Gasteiger partial charge >= 0.3 is 17.9 Å². The lowest BCUT2D eigenvalue weighted by atomic mass is 10.0. The van der Waals surface area contributed by atoms with Gasteiger partial charge in [-0.3, -0.25) is 9.59 Å². The Morgan fingerprint density at radius 1 is 0.309 bits per heavy atom. The number of aliphatic carboxylic acids is 1. The second kappa shape index (κ2) is 79.2. The van der Waals surface area contributed by atoms with Gasteiger partial charge in [-0.05, 0) is 70.6 Å². The molecule has 0 aliphatic carbocycles. The van der Waals surface area contributed by atoms with Crippen LogP contribution >= 0.6 is 0 Å². The van der Waals surface area contributed by atoms with Crippen molar-refractivity contribution in [1.29, 1.82) is 0 Å². The normalized spacial score (nSPS) is 12.7. The number of unbranched alkanes of at least 4 members (excludes halogenated alkanes) is 61. The van der Waals surface area contributed by atoms with Crippen LogP contribution in [0.5, 0.6) is 0 Å². The van der Waals surface area contributed by atoms with Gasteiger partial charge in [0.1, 0.15) is 13.2 Å². The van der Waals surface area contributed by atoms with Crippen LogP contribution < -0.4 is 0 Å². The first-order chi connectivity index (χ1) is 47.6. The average molecular weight is 1370 g/mol. The third kappa shape index (κ3) is 80.7. The highest BCUT2D eigenvalue weighted by molar-refractivity contribution is 5.71. The van der Waals surface area contributed by atoms with Crippen molar-refractivity contribution in [1.82, 2.24) is 0 Å². The van der Waals surface area contributed by atoms with Gasteiger partial charge in [0.15, 0.2) is 6.10 Å². The molecule has 1 N–H and O–H groups in total. The van der Waals surface area contributed by atoms with Gasteiger partial charge in [0.2, 0.25) is 0 Å². The van der Waals surface area contributed by atoms with Crippen LogP contribution in [-0.2, 0) is 33.3 Å². The van der Waals surface area contributed by atoms with Gasteiger partial charge in [0, 0.05) is 12.8 Å². The molecule has 9 heteroatoms. The predicted molar refractivity (Wildman–Crippen MR) is 420 cm³/mol. The first kappa shape index (κ1) is 94.5. The lowest BCUT2D eigenvalue weighted by molar-refractivity contribution is -0.870. The smallest absolute Gasteiger partial charge is 0.361 e. The van der Waals surface area contributed by atoms with E-state index in [1.165, 1.54) is 379 Å². The molecule has 0 spiro atoms. The highest BCUT2D eigenvalue weighted by Gasteiger charge is 2.25. The minimum atomic E-state index is -1.51. The Hall–Kier alpha value is -2.49. The van der Waals surface area contributed by atoms with Gasteiger partial charge in [0.25, 0.3) is 6.29 Å². The predicted octanol–water partition coefficient (Wildman–Crippen LogP) is 27.8. The standard InChI is InChI=1S/C88H167NO8/c1-6-8-10-12-14-16-18-20-22-24-26-28-30-32-34-36-38-39-40-41-42-43-44-45-46-47-49-50-52-54-56-58-60-62-64-66-68-70-72-74-76-78-85(90)95-82-84(83-96-88(87(92)93)94-81-80-89(3,4)5)97-86(91)79-77-75-73-71-69-67-65-63-61-59-57-55-53-51-48-37-35-33-31-29-27-25-23-21-19-17-15-13-11-9-7-2/h19,21,24-27,84,88H,6-18,20,22-23,28-83H2,1-5H3/p+1/b21-19-,26-24-,27-25-. The van der Waals surface area contributed by atoms with E-state index in [1.54, 1.807) is 0 Å². The molecule has 0 bridgehead atoms. The van der Waals surface area contributed by atoms with Gasteiger partial charge in [-0.15, -0.1) is 0 Å². The second-order valence-electron chi connectivity index (χ2n) is 30.8. The molecular weight excluding hydrogens is 1200 g/mol. The quantitative estimate of drug-likeness (QED) is 0.0211. The molecule has 0 fully saturated rings. The van der Waals surface area contributed by atoms with Crippen LogP contribution in [0, 0.1) is 0 Å². The number of hydrogen-bond donors (Lipinski definition) is 1. The molecule has 0 aliphatic rings. The highest BCUT2D eigenvalue weighted by atomic mass is 16.7. The molecule has 0 aromatic heterocycles. The van der Waals surface area contributed by atoms with Crippen molar-refractivity contribution < 1.29 is 42.9 Å². The van der Waals surface area contributed by atoms with E-state index < -0.39 is 18.4 Å². The number of rotatable bonds is 82. The Balaban J connectivity index is 3.90. The number of carboxylic acid groups (broad SMARTS) is 1. The number of esters is 2. The van der Waals surface area contributed by atoms with Crippen molar-refractivity contribution in [2.24, 2.45) is 0 Å². The summed E-state index contributed by atoms with van der Waals surface area (Å²) in [5.41, 5.74) is 0. The van der Waals surface area contributed by atoms with Crippen molar-refractivity contribution in [3.63, 3.8) is 0 Å². The van der Waals surface area contributed by atoms with E-state index >= 15 is 0 Å². The van der Waals surface area contributed by atoms with Gasteiger partial charge in [-0.2, -0.15) is 0 Å². The molecule has 572 valence electrons. The number of carbonyl (C=O) groups excluding carboxylic acids is 2. The number of likely N-dealkylation sites (N-methyl/N-ethyl adjacent to an activating group) is 1. The molecule has 0 rings (SSSR count). The first-order valence-electron chi connectivity index (χ1n) is 43.2. The van der Waals surface area contributed by atoms with Crippen molar-refractivity contribution >= 4 is 17.9 Å². The lowest BCUT2D eigenvalue weighted by Gasteiger charge is -2.25. The molecule has 0 aromatic carbocycles. The molecule has 9 nitrogen and oxygen atoms in total. The third-order valence-corrected chi connectivity index (χ3v) is 19.9. The minimum absolute atomic E-state index is 0.175. The molecule has 0 heterocycles. The molecule has 97 heavy (non-hydrogen) atoms. The van der Waals surface area contributed by atoms with Crippen molar-refractivity contribution in [3.05, 3.63) is 36.5 Å². The number of nitrogens with zero attached hydrogens (tertiary/aromatic N) is 1. The van der Waals surface area contributed by atoms with E-state index in [-0.39, 0.29) is 38.2 Å². The SMILES string of the molecule is CCCCCCC/C=C\C/C=C\CCCCCCCCCCCCCCCCCCCCCC(=O)OC(COC(=O)CCCCCCCCCCCCCCCCCCCCCCCCCCCCCCC/C=C\CCCCCCCCCC)COC(OCC[N+](C)(C)C)C(=O)O. The lowest BCUT2D eigenvalue weighted by Crippen LogP contribution is -2.40. The summed E-state index contributed by atoms with van der Waals surface area (Å²) >= 11 is 0. The average Bonchev–Trinajstić information content (AvgIpc) is 2.39. The summed E-state index contributed by atoms with van der Waals surface area (Å²) in [5.74, 6) is -1.97. The number of carbonyl (C=O) groups is 3. The van der Waals surface area contributed by atoms with Crippen LogP contribution in [0.15, 0.2) is 36.5 Å². The Bertz CT molecular complexity index is 1690. The number of hydrogen-bond acceptors (Lipinski definition) is 7. The number of allylic oxidation sites excluding steroid dienone is 6. The summed E-state index contributed by atoms with van der Waals surface area (Å²) in [6, 6.07) is 0. The first-order valence-corrected chi connectivity index (χ1v) is 43.2. The minimum Gasteiger partial charge on any atom is -0.477 e. The van der Waals surface area contributed by atoms with E-state index in [9.17, 15) is 19.5 Å². The summed E-state index contributed by atoms with van der Waals surface area (Å²) in [6.07, 6.45) is 101. The molecule has 2 atom stereocenters. The summed E-state index contributed by atoms with van der Waals surface area (Å²) in [7, 11) is 6.00. The van der Waals surface area contributed by atoms with E-state index in [1.807, 2.05) is 21.1 Å². The fraction of sp³-hybridized carbons (Fsp3) is 0.898. The molecule has 0 radical (unpaired) electrons. The Kier molecular flexibility index (Phi) is 77.2. The number of ether oxygens (including phenoxy) is 4. The van der Waals surface area contributed by atoms with Crippen LogP contribution in [0.1, 0.15) is 450 Å². The van der Waals surface area contributed by atoms with E-state index in [4.69, 9.17) is 18.9 Å². The van der Waals surface area contributed by atoms with Crippen LogP contribution in [-0.4, -0.2) is 87.4 Å². The molecule has 2 unspecified atom stereocenters. The molecule has 0 amide bonds. The maximum atomic E-state index is 13.0. The maximum absolute atomic E-state index is 13.0. The van der Waals surface area contributed by atoms with Crippen molar-refractivity contribution in [2.45, 2.75) is 463 Å². The number of carboxylic acids is 1. The summed E-state index contributed by atoms with van der Waals surface area (Å²) in [5, 5.41) is 9.78. The Morgan fingerprint density at radius 3 is 0.825 bits per heavy atom. The van der Waals surface area contributed by atoms with Crippen LogP contribution in [0.3, 0.4) is 0 Å². The van der Waals surface area contributed by atoms with E-state index in [0.29, 0.717) is 17.4 Å². The van der Waals surface area contributed by atoms with E-state index in [0.717, 1.165) is 44.9 Å². The fourth-order valence-electron chi connectivity index (χ4n) is 13.3. The zero-order valence-electron chi connectivity index (χ0n) is 65.8. The Morgan fingerprint density at radius 2 is 0.557 bits per heavy atom. The van der Waals surface area contributed by atoms with Crippen molar-refractivity contribution in [3.8, 4) is 0 Å². The summed E-state index contributed by atoms with van der Waals surface area (Å²) < 4.78 is 23.1. The molecule has 0 saturated heterocycles. The fourth-order valence-corrected chi connectivity index (χ4v) is 13.3. The third-order valence-electron chi connectivity index (χ3n) is 19.9. The second-order valence-corrected chi connectivity index (χ2v) is 30.8. The topological polar surface area (TPSA) is 108 Å². The van der Waals surface area contributed by atoms with Crippen LogP contribution in [0.25, 0.3) is 0 Å². The zero-order chi connectivity index (χ0) is 70.4. The zero-order valence-corrected chi connectivity index (χ0v) is 65.8. The monoisotopic (exact) mass is 1370 g/mol. The van der Waals surface area contributed by atoms with E-state index in [2.05, 4.69) is 50.3 Å². The summed E-state index contributed by atoms with van der Waals surface area (Å²) in [6.45, 7) is 4.95. The van der Waals surface area contributed by atoms with Crippen LogP contribution in [0.4, 0.5) is 0 Å². The van der Waals surface area contributed by atoms with Gasteiger partial charge < -0.3 is 28.5 Å². The molecule has 0 aromatic rings.